The zero-order chi connectivity index (χ0) is 25.0. The molecule has 1 aromatic carbocycles. The summed E-state index contributed by atoms with van der Waals surface area (Å²) < 4.78 is 0. The summed E-state index contributed by atoms with van der Waals surface area (Å²) in [5, 5.41) is 13.9. The monoisotopic (exact) mass is 472 g/mol. The van der Waals surface area contributed by atoms with E-state index in [1.54, 1.807) is 6.07 Å². The number of hydrogen-bond donors (Lipinski definition) is 1. The predicted molar refractivity (Wildman–Crippen MR) is 130 cm³/mol. The first kappa shape index (κ1) is 25.6. The lowest BCUT2D eigenvalue weighted by atomic mass is 9.67. The molecule has 34 heavy (non-hydrogen) atoms. The molecule has 9 heteroatoms. The van der Waals surface area contributed by atoms with Crippen molar-refractivity contribution in [1.29, 1.82) is 0 Å². The molecule has 2 atom stereocenters. The summed E-state index contributed by atoms with van der Waals surface area (Å²) in [6.45, 7) is 9.10. The molecule has 0 bridgehead atoms. The van der Waals surface area contributed by atoms with Crippen LogP contribution in [0.15, 0.2) is 18.2 Å². The average Bonchev–Trinajstić information content (AvgIpc) is 2.78. The molecule has 0 aliphatic carbocycles. The van der Waals surface area contributed by atoms with Crippen LogP contribution in [0, 0.1) is 21.4 Å². The van der Waals surface area contributed by atoms with Gasteiger partial charge in [0.15, 0.2) is 5.41 Å². The van der Waals surface area contributed by atoms with Crippen LogP contribution in [0.25, 0.3) is 0 Å². The molecule has 0 aromatic heterocycles. The Balaban J connectivity index is 2.12. The fraction of sp³-hybridized carbons (Fsp3) is 0.640. The highest BCUT2D eigenvalue weighted by Gasteiger charge is 2.61. The van der Waals surface area contributed by atoms with Crippen molar-refractivity contribution < 1.29 is 19.3 Å². The number of fused-ring (bicyclic) bond motifs is 1. The third kappa shape index (κ3) is 4.65. The Bertz CT molecular complexity index is 963. The van der Waals surface area contributed by atoms with Crippen molar-refractivity contribution in [2.45, 2.75) is 78.7 Å². The molecule has 2 aliphatic rings. The van der Waals surface area contributed by atoms with E-state index >= 15 is 0 Å². The van der Waals surface area contributed by atoms with Crippen LogP contribution in [0.4, 0.5) is 16.2 Å². The number of unbranched alkanes of at least 4 members (excludes halogenated alkanes) is 1. The van der Waals surface area contributed by atoms with Crippen molar-refractivity contribution in [2.75, 3.05) is 18.0 Å². The molecular weight excluding hydrogens is 436 g/mol. The second-order valence-electron chi connectivity index (χ2n) is 9.82. The second kappa shape index (κ2) is 10.5. The number of hydrogen-bond acceptors (Lipinski definition) is 6. The lowest BCUT2D eigenvalue weighted by Gasteiger charge is -2.52. The Morgan fingerprint density at radius 2 is 1.88 bits per heavy atom. The molecule has 1 fully saturated rings. The zero-order valence-corrected chi connectivity index (χ0v) is 20.6. The van der Waals surface area contributed by atoms with Gasteiger partial charge < -0.3 is 4.90 Å². The summed E-state index contributed by atoms with van der Waals surface area (Å²) in [6.07, 6.45) is 4.65. The van der Waals surface area contributed by atoms with Gasteiger partial charge in [-0.05, 0) is 43.2 Å². The van der Waals surface area contributed by atoms with Crippen molar-refractivity contribution in [3.05, 3.63) is 33.9 Å². The number of urea groups is 1. The quantitative estimate of drug-likeness (QED) is 0.306. The van der Waals surface area contributed by atoms with Crippen LogP contribution in [0.2, 0.25) is 0 Å². The number of imide groups is 2. The number of barbiturate groups is 1. The number of anilines is 1. The summed E-state index contributed by atoms with van der Waals surface area (Å²) in [5.41, 5.74) is -0.158. The topological polar surface area (TPSA) is 113 Å². The first-order chi connectivity index (χ1) is 16.2. The largest absolute Gasteiger partial charge is 0.367 e. The minimum atomic E-state index is -1.50. The number of nitro groups is 1. The van der Waals surface area contributed by atoms with Gasteiger partial charge in [-0.1, -0.05) is 40.5 Å². The van der Waals surface area contributed by atoms with E-state index in [2.05, 4.69) is 31.0 Å². The molecule has 3 rings (SSSR count). The van der Waals surface area contributed by atoms with Gasteiger partial charge in [0.05, 0.1) is 11.0 Å². The number of non-ortho nitro benzene ring substituents is 1. The number of amides is 4. The maximum absolute atomic E-state index is 14.0. The Hall–Kier alpha value is -2.97. The molecule has 0 unspecified atom stereocenters. The van der Waals surface area contributed by atoms with Gasteiger partial charge in [0, 0.05) is 37.3 Å². The van der Waals surface area contributed by atoms with Crippen LogP contribution < -0.4 is 10.2 Å². The fourth-order valence-electron chi connectivity index (χ4n) is 5.26. The number of nitrogens with one attached hydrogen (secondary N) is 1. The van der Waals surface area contributed by atoms with E-state index in [0.29, 0.717) is 30.9 Å². The first-order valence-electron chi connectivity index (χ1n) is 12.4. The van der Waals surface area contributed by atoms with Gasteiger partial charge >= 0.3 is 6.03 Å². The Morgan fingerprint density at radius 3 is 2.50 bits per heavy atom. The van der Waals surface area contributed by atoms with Crippen LogP contribution in [-0.2, 0) is 16.0 Å². The lowest BCUT2D eigenvalue weighted by Crippen LogP contribution is -2.72. The second-order valence-corrected chi connectivity index (χ2v) is 9.82. The number of benzene rings is 1. The Labute approximate surface area is 201 Å². The van der Waals surface area contributed by atoms with Crippen molar-refractivity contribution in [3.8, 4) is 0 Å². The normalized spacial score (nSPS) is 22.4. The number of nitrogens with zero attached hydrogens (tertiary/aromatic N) is 3. The number of rotatable bonds is 10. The zero-order valence-electron chi connectivity index (χ0n) is 20.6. The van der Waals surface area contributed by atoms with E-state index in [4.69, 9.17) is 0 Å². The van der Waals surface area contributed by atoms with Crippen LogP contribution in [-0.4, -0.2) is 46.8 Å². The summed E-state index contributed by atoms with van der Waals surface area (Å²) in [6, 6.07) is 3.56. The minimum absolute atomic E-state index is 0.0376. The van der Waals surface area contributed by atoms with Crippen LogP contribution >= 0.6 is 0 Å². The van der Waals surface area contributed by atoms with Crippen molar-refractivity contribution in [2.24, 2.45) is 11.3 Å². The SMILES string of the molecule is CCCCN1c2ccc([N+](=O)[O-])cc2C[C@@]2(C(=O)NC(=O)N(CCCC(C)C)C2=O)[C@H]1CCC. The molecule has 1 saturated heterocycles. The van der Waals surface area contributed by atoms with Gasteiger partial charge in [0.1, 0.15) is 0 Å². The Morgan fingerprint density at radius 1 is 1.15 bits per heavy atom. The summed E-state index contributed by atoms with van der Waals surface area (Å²) in [4.78, 5) is 54.5. The standard InChI is InChI=1S/C25H36N4O5/c1-5-7-13-27-20-12-11-19(29(33)34)15-18(20)16-25(21(27)9-6-2)22(30)26-24(32)28(23(25)31)14-8-10-17(3)4/h11-12,15,17,21H,5-10,13-14,16H2,1-4H3,(H,26,30,32)/t21-,25+/m1/s1. The van der Waals surface area contributed by atoms with Gasteiger partial charge in [-0.2, -0.15) is 0 Å². The maximum Gasteiger partial charge on any atom is 0.330 e. The molecular formula is C25H36N4O5. The van der Waals surface area contributed by atoms with Gasteiger partial charge in [-0.15, -0.1) is 0 Å². The molecule has 1 aromatic rings. The maximum atomic E-state index is 14.0. The van der Waals surface area contributed by atoms with Gasteiger partial charge in [-0.3, -0.25) is 29.9 Å². The predicted octanol–water partition coefficient (Wildman–Crippen LogP) is 4.43. The highest BCUT2D eigenvalue weighted by Crippen LogP contribution is 2.47. The van der Waals surface area contributed by atoms with E-state index in [-0.39, 0.29) is 18.7 Å². The molecule has 0 radical (unpaired) electrons. The van der Waals surface area contributed by atoms with Gasteiger partial charge in [-0.25, -0.2) is 4.79 Å². The fourth-order valence-corrected chi connectivity index (χ4v) is 5.26. The lowest BCUT2D eigenvalue weighted by molar-refractivity contribution is -0.384. The summed E-state index contributed by atoms with van der Waals surface area (Å²) >= 11 is 0. The molecule has 2 heterocycles. The van der Waals surface area contributed by atoms with E-state index in [9.17, 15) is 24.5 Å². The van der Waals surface area contributed by atoms with Gasteiger partial charge in [0.25, 0.3) is 5.69 Å². The molecule has 0 saturated carbocycles. The molecule has 4 amide bonds. The van der Waals surface area contributed by atoms with Gasteiger partial charge in [0.2, 0.25) is 11.8 Å². The molecule has 2 aliphatic heterocycles. The highest BCUT2D eigenvalue weighted by atomic mass is 16.6. The van der Waals surface area contributed by atoms with Crippen molar-refractivity contribution >= 4 is 29.2 Å². The van der Waals surface area contributed by atoms with Crippen LogP contribution in [0.1, 0.15) is 71.8 Å². The van der Waals surface area contributed by atoms with Crippen molar-refractivity contribution in [1.82, 2.24) is 10.2 Å². The third-order valence-corrected chi connectivity index (χ3v) is 6.97. The smallest absolute Gasteiger partial charge is 0.330 e. The Kier molecular flexibility index (Phi) is 7.94. The van der Waals surface area contributed by atoms with E-state index in [0.717, 1.165) is 31.4 Å². The van der Waals surface area contributed by atoms with E-state index in [1.165, 1.54) is 17.0 Å². The summed E-state index contributed by atoms with van der Waals surface area (Å²) in [7, 11) is 0. The molecule has 186 valence electrons. The highest BCUT2D eigenvalue weighted by molar-refractivity contribution is 6.20. The van der Waals surface area contributed by atoms with Crippen LogP contribution in [0.3, 0.4) is 0 Å². The molecule has 9 nitrogen and oxygen atoms in total. The molecule has 1 spiro atoms. The average molecular weight is 473 g/mol. The molecule has 1 N–H and O–H groups in total. The number of carbonyl (C=O) groups excluding carboxylic acids is 3. The van der Waals surface area contributed by atoms with Crippen LogP contribution in [0.5, 0.6) is 0 Å². The van der Waals surface area contributed by atoms with E-state index < -0.39 is 34.2 Å². The third-order valence-electron chi connectivity index (χ3n) is 6.97. The summed E-state index contributed by atoms with van der Waals surface area (Å²) in [5.74, 6) is -0.653. The van der Waals surface area contributed by atoms with Crippen molar-refractivity contribution in [3.63, 3.8) is 0 Å². The number of carbonyl (C=O) groups is 3. The van der Waals surface area contributed by atoms with E-state index in [1.807, 2.05) is 6.92 Å². The minimum Gasteiger partial charge on any atom is -0.367 e. The number of nitro benzene ring substituents is 1. The first-order valence-corrected chi connectivity index (χ1v) is 12.4.